The molecule has 0 fully saturated rings. The third-order valence-corrected chi connectivity index (χ3v) is 3.34. The Morgan fingerprint density at radius 1 is 1.14 bits per heavy atom. The van der Waals surface area contributed by atoms with Gasteiger partial charge < -0.3 is 10.5 Å². The number of benzene rings is 2. The average Bonchev–Trinajstić information content (AvgIpc) is 2.52. The molecule has 0 aliphatic heterocycles. The molecule has 5 heteroatoms. The van der Waals surface area contributed by atoms with Gasteiger partial charge in [-0.2, -0.15) is 5.26 Å². The van der Waals surface area contributed by atoms with Crippen LogP contribution >= 0.6 is 11.6 Å². The van der Waals surface area contributed by atoms with E-state index >= 15 is 0 Å². The molecular weight excluding hydrogens is 286 g/mol. The molecule has 0 saturated carbocycles. The molecule has 3 aromatic rings. The van der Waals surface area contributed by atoms with Gasteiger partial charge in [0, 0.05) is 11.6 Å². The van der Waals surface area contributed by atoms with Gasteiger partial charge in [-0.15, -0.1) is 0 Å². The maximum atomic E-state index is 8.84. The number of hydrogen-bond acceptors (Lipinski definition) is 4. The molecule has 3 rings (SSSR count). The Morgan fingerprint density at radius 3 is 2.71 bits per heavy atom. The lowest BCUT2D eigenvalue weighted by Crippen LogP contribution is -1.93. The number of rotatable bonds is 2. The van der Waals surface area contributed by atoms with Crippen LogP contribution < -0.4 is 10.5 Å². The van der Waals surface area contributed by atoms with Crippen molar-refractivity contribution in [3.63, 3.8) is 0 Å². The van der Waals surface area contributed by atoms with Crippen LogP contribution in [0.2, 0.25) is 5.02 Å². The maximum Gasteiger partial charge on any atom is 0.146 e. The van der Waals surface area contributed by atoms with Crippen LogP contribution in [-0.4, -0.2) is 4.98 Å². The van der Waals surface area contributed by atoms with E-state index in [1.807, 2.05) is 18.2 Å². The summed E-state index contributed by atoms with van der Waals surface area (Å²) in [5.74, 6) is 1.09. The van der Waals surface area contributed by atoms with Crippen LogP contribution in [0.1, 0.15) is 5.56 Å². The number of aromatic nitrogens is 1. The Balaban J connectivity index is 2.07. The van der Waals surface area contributed by atoms with Crippen LogP contribution in [-0.2, 0) is 0 Å². The van der Waals surface area contributed by atoms with Crippen molar-refractivity contribution in [3.05, 3.63) is 59.2 Å². The van der Waals surface area contributed by atoms with E-state index in [9.17, 15) is 0 Å². The molecule has 1 aromatic heterocycles. The van der Waals surface area contributed by atoms with Crippen LogP contribution in [0, 0.1) is 11.3 Å². The highest BCUT2D eigenvalue weighted by Gasteiger charge is 2.09. The van der Waals surface area contributed by atoms with Gasteiger partial charge in [-0.3, -0.25) is 4.98 Å². The third-order valence-electron chi connectivity index (χ3n) is 3.04. The predicted octanol–water partition coefficient (Wildman–Crippen LogP) is 4.13. The molecule has 21 heavy (non-hydrogen) atoms. The molecule has 2 aromatic carbocycles. The van der Waals surface area contributed by atoms with Gasteiger partial charge in [-0.05, 0) is 42.5 Å². The summed E-state index contributed by atoms with van der Waals surface area (Å²) in [6.45, 7) is 0. The minimum absolute atomic E-state index is 0.378. The molecule has 0 atom stereocenters. The number of halogens is 1. The Kier molecular flexibility index (Phi) is 3.35. The quantitative estimate of drug-likeness (QED) is 0.721. The first-order valence-electron chi connectivity index (χ1n) is 6.20. The fourth-order valence-corrected chi connectivity index (χ4v) is 2.25. The molecule has 102 valence electrons. The number of fused-ring (bicyclic) bond motifs is 1. The molecule has 0 radical (unpaired) electrons. The average molecular weight is 296 g/mol. The maximum absolute atomic E-state index is 8.84. The molecule has 0 aliphatic rings. The summed E-state index contributed by atoms with van der Waals surface area (Å²) >= 11 is 6.12. The third kappa shape index (κ3) is 2.47. The monoisotopic (exact) mass is 295 g/mol. The summed E-state index contributed by atoms with van der Waals surface area (Å²) in [5.41, 5.74) is 7.66. The van der Waals surface area contributed by atoms with Crippen LogP contribution in [0.3, 0.4) is 0 Å². The van der Waals surface area contributed by atoms with E-state index in [1.165, 1.54) is 0 Å². The zero-order chi connectivity index (χ0) is 14.8. The van der Waals surface area contributed by atoms with Crippen molar-refractivity contribution in [2.45, 2.75) is 0 Å². The second kappa shape index (κ2) is 5.31. The lowest BCUT2D eigenvalue weighted by Gasteiger charge is -2.11. The first-order valence-corrected chi connectivity index (χ1v) is 6.57. The Morgan fingerprint density at radius 2 is 1.95 bits per heavy atom. The fourth-order valence-electron chi connectivity index (χ4n) is 2.03. The largest absolute Gasteiger partial charge is 0.455 e. The van der Waals surface area contributed by atoms with E-state index in [-0.39, 0.29) is 0 Å². The first kappa shape index (κ1) is 13.2. The lowest BCUT2D eigenvalue weighted by molar-refractivity contribution is 0.488. The molecule has 4 nitrogen and oxygen atoms in total. The molecule has 0 unspecified atom stereocenters. The van der Waals surface area contributed by atoms with Gasteiger partial charge in [0.15, 0.2) is 0 Å². The van der Waals surface area contributed by atoms with E-state index in [0.29, 0.717) is 33.3 Å². The molecule has 0 bridgehead atoms. The number of anilines is 1. The van der Waals surface area contributed by atoms with E-state index in [2.05, 4.69) is 4.98 Å². The molecule has 0 amide bonds. The number of nitrogens with zero attached hydrogens (tertiary/aromatic N) is 2. The molecule has 1 heterocycles. The highest BCUT2D eigenvalue weighted by molar-refractivity contribution is 6.32. The van der Waals surface area contributed by atoms with Gasteiger partial charge in [0.1, 0.15) is 11.5 Å². The number of nitriles is 1. The SMILES string of the molecule is N#Cc1ccc(Oc2ccc(N)c3ncccc23)c(Cl)c1. The van der Waals surface area contributed by atoms with Gasteiger partial charge in [0.05, 0.1) is 27.9 Å². The minimum atomic E-state index is 0.378. The van der Waals surface area contributed by atoms with Gasteiger partial charge >= 0.3 is 0 Å². The van der Waals surface area contributed by atoms with Gasteiger partial charge in [-0.1, -0.05) is 11.6 Å². The van der Waals surface area contributed by atoms with Crippen molar-refractivity contribution in [2.75, 3.05) is 5.73 Å². The van der Waals surface area contributed by atoms with Gasteiger partial charge in [0.2, 0.25) is 0 Å². The molecule has 0 spiro atoms. The minimum Gasteiger partial charge on any atom is -0.455 e. The normalized spacial score (nSPS) is 10.3. The highest BCUT2D eigenvalue weighted by atomic mass is 35.5. The Labute approximate surface area is 126 Å². The van der Waals surface area contributed by atoms with Gasteiger partial charge in [-0.25, -0.2) is 0 Å². The first-order chi connectivity index (χ1) is 10.2. The molecule has 2 N–H and O–H groups in total. The van der Waals surface area contributed by atoms with Crippen molar-refractivity contribution in [1.82, 2.24) is 4.98 Å². The second-order valence-electron chi connectivity index (χ2n) is 4.41. The Hall–Kier alpha value is -2.77. The predicted molar refractivity (Wildman–Crippen MR) is 82.4 cm³/mol. The summed E-state index contributed by atoms with van der Waals surface area (Å²) in [6.07, 6.45) is 1.68. The summed E-state index contributed by atoms with van der Waals surface area (Å²) in [4.78, 5) is 4.25. The van der Waals surface area contributed by atoms with Crippen molar-refractivity contribution >= 4 is 28.2 Å². The van der Waals surface area contributed by atoms with E-state index < -0.39 is 0 Å². The Bertz CT molecular complexity index is 871. The van der Waals surface area contributed by atoms with Crippen molar-refractivity contribution in [3.8, 4) is 17.6 Å². The zero-order valence-corrected chi connectivity index (χ0v) is 11.6. The van der Waals surface area contributed by atoms with Crippen LogP contribution in [0.5, 0.6) is 11.5 Å². The summed E-state index contributed by atoms with van der Waals surface area (Å²) in [6, 6.07) is 14.1. The number of ether oxygens (including phenoxy) is 1. The standard InChI is InChI=1S/C16H10ClN3O/c17-12-8-10(9-18)3-5-15(12)21-14-6-4-13(19)16-11(14)2-1-7-20-16/h1-8H,19H2. The van der Waals surface area contributed by atoms with Crippen molar-refractivity contribution in [2.24, 2.45) is 0 Å². The van der Waals surface area contributed by atoms with Crippen LogP contribution in [0.25, 0.3) is 10.9 Å². The summed E-state index contributed by atoms with van der Waals surface area (Å²) in [7, 11) is 0. The van der Waals surface area contributed by atoms with Gasteiger partial charge in [0.25, 0.3) is 0 Å². The van der Waals surface area contributed by atoms with Crippen LogP contribution in [0.15, 0.2) is 48.7 Å². The van der Waals surface area contributed by atoms with Crippen molar-refractivity contribution < 1.29 is 4.74 Å². The second-order valence-corrected chi connectivity index (χ2v) is 4.82. The van der Waals surface area contributed by atoms with E-state index in [0.717, 1.165) is 5.39 Å². The van der Waals surface area contributed by atoms with Crippen LogP contribution in [0.4, 0.5) is 5.69 Å². The van der Waals surface area contributed by atoms with Crippen molar-refractivity contribution in [1.29, 1.82) is 5.26 Å². The number of nitrogens with two attached hydrogens (primary N) is 1. The summed E-state index contributed by atoms with van der Waals surface area (Å²) < 4.78 is 5.84. The van der Waals surface area contributed by atoms with E-state index in [1.54, 1.807) is 36.5 Å². The smallest absolute Gasteiger partial charge is 0.146 e. The number of nitrogen functional groups attached to an aromatic ring is 1. The highest BCUT2D eigenvalue weighted by Crippen LogP contribution is 2.35. The van der Waals surface area contributed by atoms with E-state index in [4.69, 9.17) is 27.3 Å². The summed E-state index contributed by atoms with van der Waals surface area (Å²) in [5, 5.41) is 10.0. The molecule has 0 saturated heterocycles. The zero-order valence-electron chi connectivity index (χ0n) is 10.9. The lowest BCUT2D eigenvalue weighted by atomic mass is 10.1. The fraction of sp³-hybridized carbons (Fsp3) is 0. The number of pyridine rings is 1. The molecular formula is C16H10ClN3O. The number of hydrogen-bond donors (Lipinski definition) is 1. The topological polar surface area (TPSA) is 71.9 Å². The molecule has 0 aliphatic carbocycles.